The van der Waals surface area contributed by atoms with Gasteiger partial charge in [-0.2, -0.15) is 0 Å². The standard InChI is InChI=1S/C17H18N6O4/c18-14-12-15(20-7-19-14)23(8-21-12)17-11(13(25)10(6-24)27-17)22-16(26)9-4-2-1-3-5-9/h1-5,7-8,10-11,13,17,24-25H,6H2,(H,22,26)(H2,18,19,20)/t10-,11+,13?,17-/m1/s1. The fourth-order valence-corrected chi connectivity index (χ4v) is 3.17. The van der Waals surface area contributed by atoms with Gasteiger partial charge in [0.2, 0.25) is 0 Å². The quantitative estimate of drug-likeness (QED) is 0.478. The number of rotatable bonds is 4. The summed E-state index contributed by atoms with van der Waals surface area (Å²) < 4.78 is 7.33. The molecule has 1 aliphatic heterocycles. The van der Waals surface area contributed by atoms with E-state index in [1.165, 1.54) is 12.7 Å². The molecule has 1 aliphatic rings. The first-order valence-corrected chi connectivity index (χ1v) is 8.33. The third kappa shape index (κ3) is 2.99. The summed E-state index contributed by atoms with van der Waals surface area (Å²) in [5, 5.41) is 22.8. The van der Waals surface area contributed by atoms with Crippen LogP contribution in [-0.4, -0.2) is 60.5 Å². The number of nitrogens with one attached hydrogen (secondary N) is 1. The van der Waals surface area contributed by atoms with E-state index in [4.69, 9.17) is 10.5 Å². The predicted molar refractivity (Wildman–Crippen MR) is 94.4 cm³/mol. The van der Waals surface area contributed by atoms with Gasteiger partial charge >= 0.3 is 0 Å². The number of nitrogens with zero attached hydrogens (tertiary/aromatic N) is 4. The third-order valence-electron chi connectivity index (χ3n) is 4.55. The summed E-state index contributed by atoms with van der Waals surface area (Å²) in [6, 6.07) is 7.79. The molecule has 1 amide bonds. The van der Waals surface area contributed by atoms with Crippen molar-refractivity contribution in [3.63, 3.8) is 0 Å². The van der Waals surface area contributed by atoms with Crippen LogP contribution in [0.2, 0.25) is 0 Å². The number of aliphatic hydroxyl groups excluding tert-OH is 2. The first-order chi connectivity index (χ1) is 13.1. The number of amides is 1. The van der Waals surface area contributed by atoms with Crippen molar-refractivity contribution in [2.24, 2.45) is 0 Å². The molecule has 4 rings (SSSR count). The fraction of sp³-hybridized carbons (Fsp3) is 0.294. The van der Waals surface area contributed by atoms with E-state index in [9.17, 15) is 15.0 Å². The number of carbonyl (C=O) groups excluding carboxylic acids is 1. The van der Waals surface area contributed by atoms with E-state index in [-0.39, 0.29) is 11.7 Å². The second kappa shape index (κ2) is 6.91. The van der Waals surface area contributed by atoms with Crippen molar-refractivity contribution in [3.05, 3.63) is 48.5 Å². The van der Waals surface area contributed by atoms with E-state index >= 15 is 0 Å². The number of hydrogen-bond acceptors (Lipinski definition) is 8. The summed E-state index contributed by atoms with van der Waals surface area (Å²) in [5.41, 5.74) is 7.04. The maximum Gasteiger partial charge on any atom is 0.251 e. The highest BCUT2D eigenvalue weighted by Gasteiger charge is 2.45. The Morgan fingerprint density at radius 2 is 2.04 bits per heavy atom. The van der Waals surface area contributed by atoms with Crippen molar-refractivity contribution >= 4 is 22.9 Å². The van der Waals surface area contributed by atoms with Crippen molar-refractivity contribution in [1.29, 1.82) is 0 Å². The van der Waals surface area contributed by atoms with Gasteiger partial charge in [-0.25, -0.2) is 15.0 Å². The first-order valence-electron chi connectivity index (χ1n) is 8.33. The largest absolute Gasteiger partial charge is 0.394 e. The van der Waals surface area contributed by atoms with Crippen LogP contribution in [-0.2, 0) is 4.74 Å². The van der Waals surface area contributed by atoms with Crippen molar-refractivity contribution in [3.8, 4) is 0 Å². The molecule has 0 bridgehead atoms. The molecule has 2 aromatic heterocycles. The molecule has 10 heteroatoms. The van der Waals surface area contributed by atoms with E-state index in [1.54, 1.807) is 34.9 Å². The zero-order chi connectivity index (χ0) is 19.0. The van der Waals surface area contributed by atoms with Gasteiger partial charge in [0.15, 0.2) is 17.7 Å². The van der Waals surface area contributed by atoms with Crippen LogP contribution in [0, 0.1) is 0 Å². The van der Waals surface area contributed by atoms with Crippen molar-refractivity contribution in [1.82, 2.24) is 24.8 Å². The number of hydrogen-bond donors (Lipinski definition) is 4. The number of ether oxygens (including phenoxy) is 1. The number of imidazole rings is 1. The molecule has 140 valence electrons. The van der Waals surface area contributed by atoms with E-state index in [0.717, 1.165) is 0 Å². The highest BCUT2D eigenvalue weighted by Crippen LogP contribution is 2.32. The minimum Gasteiger partial charge on any atom is -0.394 e. The van der Waals surface area contributed by atoms with Crippen LogP contribution in [0.4, 0.5) is 5.82 Å². The number of nitrogens with two attached hydrogens (primary N) is 1. The van der Waals surface area contributed by atoms with Gasteiger partial charge in [-0.15, -0.1) is 0 Å². The first kappa shape index (κ1) is 17.3. The zero-order valence-electron chi connectivity index (χ0n) is 14.1. The number of anilines is 1. The van der Waals surface area contributed by atoms with Gasteiger partial charge < -0.3 is 26.0 Å². The number of benzene rings is 1. The number of aliphatic hydroxyl groups is 2. The molecule has 4 atom stereocenters. The molecule has 1 aromatic carbocycles. The van der Waals surface area contributed by atoms with Crippen molar-refractivity contribution in [2.75, 3.05) is 12.3 Å². The molecule has 1 fully saturated rings. The van der Waals surface area contributed by atoms with Gasteiger partial charge in [-0.3, -0.25) is 9.36 Å². The molecule has 0 spiro atoms. The van der Waals surface area contributed by atoms with Crippen molar-refractivity contribution in [2.45, 2.75) is 24.5 Å². The average Bonchev–Trinajstić information content (AvgIpc) is 3.25. The van der Waals surface area contributed by atoms with Gasteiger partial charge in [0.25, 0.3) is 5.91 Å². The lowest BCUT2D eigenvalue weighted by Crippen LogP contribution is -2.46. The minimum absolute atomic E-state index is 0.209. The van der Waals surface area contributed by atoms with Crippen LogP contribution in [0.3, 0.4) is 0 Å². The molecular weight excluding hydrogens is 352 g/mol. The summed E-state index contributed by atoms with van der Waals surface area (Å²) in [6.07, 6.45) is -0.0716. The SMILES string of the molecule is Nc1ncnc2c1ncn2[C@@H]1O[C@H](CO)C(O)[C@@H]1NC(=O)c1ccccc1. The number of fused-ring (bicyclic) bond motifs is 1. The van der Waals surface area contributed by atoms with E-state index in [1.807, 2.05) is 0 Å². The maximum absolute atomic E-state index is 12.6. The number of aromatic nitrogens is 4. The van der Waals surface area contributed by atoms with Gasteiger partial charge in [-0.1, -0.05) is 18.2 Å². The van der Waals surface area contributed by atoms with Crippen LogP contribution < -0.4 is 11.1 Å². The highest BCUT2D eigenvalue weighted by molar-refractivity contribution is 5.94. The third-order valence-corrected chi connectivity index (χ3v) is 4.55. The Morgan fingerprint density at radius 3 is 2.78 bits per heavy atom. The maximum atomic E-state index is 12.6. The Balaban J connectivity index is 1.69. The van der Waals surface area contributed by atoms with Crippen LogP contribution >= 0.6 is 0 Å². The van der Waals surface area contributed by atoms with Crippen LogP contribution in [0.1, 0.15) is 16.6 Å². The highest BCUT2D eigenvalue weighted by atomic mass is 16.5. The Bertz CT molecular complexity index is 962. The monoisotopic (exact) mass is 370 g/mol. The van der Waals surface area contributed by atoms with E-state index in [2.05, 4.69) is 20.3 Å². The van der Waals surface area contributed by atoms with Gasteiger partial charge in [0.1, 0.15) is 30.1 Å². The molecule has 5 N–H and O–H groups in total. The minimum atomic E-state index is -1.12. The molecule has 10 nitrogen and oxygen atoms in total. The summed E-state index contributed by atoms with van der Waals surface area (Å²) in [4.78, 5) is 24.8. The van der Waals surface area contributed by atoms with E-state index in [0.29, 0.717) is 16.7 Å². The average molecular weight is 370 g/mol. The molecule has 3 heterocycles. The van der Waals surface area contributed by atoms with Crippen LogP contribution in [0.15, 0.2) is 43.0 Å². The number of carbonyl (C=O) groups is 1. The lowest BCUT2D eigenvalue weighted by molar-refractivity contribution is -0.0440. The van der Waals surface area contributed by atoms with Gasteiger partial charge in [-0.05, 0) is 12.1 Å². The lowest BCUT2D eigenvalue weighted by atomic mass is 10.1. The normalized spacial score (nSPS) is 25.0. The Hall–Kier alpha value is -3.08. The molecule has 3 aromatic rings. The molecular formula is C17H18N6O4. The molecule has 0 saturated carbocycles. The van der Waals surface area contributed by atoms with Gasteiger partial charge in [0.05, 0.1) is 12.9 Å². The second-order valence-corrected chi connectivity index (χ2v) is 6.19. The van der Waals surface area contributed by atoms with Gasteiger partial charge in [0, 0.05) is 5.56 Å². The fourth-order valence-electron chi connectivity index (χ4n) is 3.17. The Kier molecular flexibility index (Phi) is 4.44. The number of nitrogen functional groups attached to an aromatic ring is 1. The molecule has 0 radical (unpaired) electrons. The van der Waals surface area contributed by atoms with Crippen molar-refractivity contribution < 1.29 is 19.7 Å². The Morgan fingerprint density at radius 1 is 1.26 bits per heavy atom. The predicted octanol–water partition coefficient (Wildman–Crippen LogP) is -0.542. The van der Waals surface area contributed by atoms with Crippen LogP contribution in [0.5, 0.6) is 0 Å². The topological polar surface area (TPSA) is 148 Å². The summed E-state index contributed by atoms with van der Waals surface area (Å²) in [5.74, 6) is -0.161. The molecule has 1 unspecified atom stereocenters. The molecule has 27 heavy (non-hydrogen) atoms. The van der Waals surface area contributed by atoms with Crippen LogP contribution in [0.25, 0.3) is 11.2 Å². The zero-order valence-corrected chi connectivity index (χ0v) is 14.1. The van der Waals surface area contributed by atoms with E-state index < -0.39 is 31.1 Å². The summed E-state index contributed by atoms with van der Waals surface area (Å²) in [6.45, 7) is -0.404. The summed E-state index contributed by atoms with van der Waals surface area (Å²) >= 11 is 0. The Labute approximate surface area is 153 Å². The molecule has 0 aliphatic carbocycles. The molecule has 1 saturated heterocycles. The second-order valence-electron chi connectivity index (χ2n) is 6.19. The lowest BCUT2D eigenvalue weighted by Gasteiger charge is -2.23. The summed E-state index contributed by atoms with van der Waals surface area (Å²) in [7, 11) is 0. The smallest absolute Gasteiger partial charge is 0.251 e.